The third-order valence-corrected chi connectivity index (χ3v) is 3.31. The van der Waals surface area contributed by atoms with Gasteiger partial charge >= 0.3 is 0 Å². The van der Waals surface area contributed by atoms with E-state index < -0.39 is 0 Å². The molecule has 0 aliphatic heterocycles. The molecule has 0 amide bonds. The van der Waals surface area contributed by atoms with Gasteiger partial charge in [0.05, 0.1) is 0 Å². The molecule has 0 atom stereocenters. The molecule has 0 saturated carbocycles. The number of benzene rings is 1. The molecule has 1 heterocycles. The van der Waals surface area contributed by atoms with Crippen LogP contribution in [0.5, 0.6) is 0 Å². The Labute approximate surface area is 114 Å². The van der Waals surface area contributed by atoms with Crippen molar-refractivity contribution in [3.8, 4) is 0 Å². The summed E-state index contributed by atoms with van der Waals surface area (Å²) in [7, 11) is 0. The van der Waals surface area contributed by atoms with Crippen LogP contribution in [0.1, 0.15) is 52.6 Å². The lowest BCUT2D eigenvalue weighted by atomic mass is 9.97. The van der Waals surface area contributed by atoms with E-state index in [1.165, 1.54) is 5.56 Å². The van der Waals surface area contributed by atoms with Crippen molar-refractivity contribution in [1.82, 2.24) is 4.98 Å². The minimum Gasteiger partial charge on any atom is -0.289 e. The summed E-state index contributed by atoms with van der Waals surface area (Å²) >= 11 is 0. The number of nitrogens with zero attached hydrogens (tertiary/aromatic N) is 1. The first-order chi connectivity index (χ1) is 8.99. The normalized spacial score (nSPS) is 10.8. The second-order valence-corrected chi connectivity index (χ2v) is 5.19. The summed E-state index contributed by atoms with van der Waals surface area (Å²) in [5.41, 5.74) is 4.37. The van der Waals surface area contributed by atoms with Gasteiger partial charge in [-0.25, -0.2) is 0 Å². The van der Waals surface area contributed by atoms with E-state index in [9.17, 15) is 4.79 Å². The maximum atomic E-state index is 12.4. The molecule has 2 heteroatoms. The topological polar surface area (TPSA) is 30.0 Å². The van der Waals surface area contributed by atoms with E-state index in [1.807, 2.05) is 50.2 Å². The van der Waals surface area contributed by atoms with Crippen molar-refractivity contribution in [2.45, 2.75) is 33.6 Å². The summed E-state index contributed by atoms with van der Waals surface area (Å²) in [6.07, 6.45) is 0. The number of carbonyl (C=O) groups excluding carboxylic acids is 1. The van der Waals surface area contributed by atoms with Crippen LogP contribution in [0.2, 0.25) is 0 Å². The number of carbonyl (C=O) groups is 1. The average Bonchev–Trinajstić information content (AvgIpc) is 2.38. The summed E-state index contributed by atoms with van der Waals surface area (Å²) in [6, 6.07) is 11.6. The van der Waals surface area contributed by atoms with Gasteiger partial charge in [-0.1, -0.05) is 38.1 Å². The van der Waals surface area contributed by atoms with E-state index in [-0.39, 0.29) is 5.78 Å². The Balaban J connectivity index is 2.33. The Kier molecular flexibility index (Phi) is 3.79. The van der Waals surface area contributed by atoms with Crippen molar-refractivity contribution < 1.29 is 4.79 Å². The summed E-state index contributed by atoms with van der Waals surface area (Å²) < 4.78 is 0. The van der Waals surface area contributed by atoms with Crippen molar-refractivity contribution in [3.63, 3.8) is 0 Å². The zero-order valence-electron chi connectivity index (χ0n) is 11.9. The summed E-state index contributed by atoms with van der Waals surface area (Å²) in [5, 5.41) is 0. The van der Waals surface area contributed by atoms with Crippen LogP contribution in [-0.4, -0.2) is 10.8 Å². The predicted molar refractivity (Wildman–Crippen MR) is 77.7 cm³/mol. The van der Waals surface area contributed by atoms with Crippen molar-refractivity contribution >= 4 is 5.78 Å². The minimum absolute atomic E-state index is 0.0420. The van der Waals surface area contributed by atoms with Crippen LogP contribution in [0.3, 0.4) is 0 Å². The number of aromatic nitrogens is 1. The van der Waals surface area contributed by atoms with E-state index in [2.05, 4.69) is 18.8 Å². The Hall–Kier alpha value is -1.96. The van der Waals surface area contributed by atoms with Crippen LogP contribution >= 0.6 is 0 Å². The zero-order chi connectivity index (χ0) is 14.0. The number of aryl methyl sites for hydroxylation is 2. The molecule has 0 radical (unpaired) electrons. The lowest BCUT2D eigenvalue weighted by Crippen LogP contribution is -2.06. The smallest absolute Gasteiger partial charge is 0.194 e. The highest BCUT2D eigenvalue weighted by Gasteiger charge is 2.12. The minimum atomic E-state index is 0.0420. The SMILES string of the molecule is Cc1ccc(C(=O)c2ccc(C(C)C)cc2)c(C)n1. The van der Waals surface area contributed by atoms with Crippen LogP contribution < -0.4 is 0 Å². The van der Waals surface area contributed by atoms with Gasteiger partial charge in [0.2, 0.25) is 0 Å². The molecule has 2 rings (SSSR count). The number of hydrogen-bond donors (Lipinski definition) is 0. The molecule has 0 bridgehead atoms. The van der Waals surface area contributed by atoms with E-state index in [0.29, 0.717) is 11.5 Å². The molecular formula is C17H19NO. The molecule has 0 aliphatic rings. The number of pyridine rings is 1. The highest BCUT2D eigenvalue weighted by Crippen LogP contribution is 2.18. The zero-order valence-corrected chi connectivity index (χ0v) is 11.9. The number of hydrogen-bond acceptors (Lipinski definition) is 2. The van der Waals surface area contributed by atoms with Crippen LogP contribution in [0.15, 0.2) is 36.4 Å². The van der Waals surface area contributed by atoms with Crippen molar-refractivity contribution in [2.75, 3.05) is 0 Å². The molecule has 0 aliphatic carbocycles. The van der Waals surface area contributed by atoms with Crippen LogP contribution in [0.4, 0.5) is 0 Å². The van der Waals surface area contributed by atoms with E-state index in [0.717, 1.165) is 17.0 Å². The van der Waals surface area contributed by atoms with E-state index in [1.54, 1.807) is 0 Å². The fourth-order valence-corrected chi connectivity index (χ4v) is 2.10. The van der Waals surface area contributed by atoms with Crippen LogP contribution in [0.25, 0.3) is 0 Å². The summed E-state index contributed by atoms with van der Waals surface area (Å²) in [6.45, 7) is 8.09. The molecule has 0 unspecified atom stereocenters. The number of ketones is 1. The standard InChI is InChI=1S/C17H19NO/c1-11(2)14-6-8-15(9-7-14)17(19)16-10-5-12(3)18-13(16)4/h5-11H,1-4H3. The van der Waals surface area contributed by atoms with Gasteiger partial charge in [-0.15, -0.1) is 0 Å². The molecule has 0 spiro atoms. The average molecular weight is 253 g/mol. The Morgan fingerprint density at radius 3 is 2.16 bits per heavy atom. The van der Waals surface area contributed by atoms with Crippen LogP contribution in [0, 0.1) is 13.8 Å². The van der Waals surface area contributed by atoms with Gasteiger partial charge in [0.25, 0.3) is 0 Å². The van der Waals surface area contributed by atoms with Crippen molar-refractivity contribution in [1.29, 1.82) is 0 Å². The van der Waals surface area contributed by atoms with E-state index in [4.69, 9.17) is 0 Å². The van der Waals surface area contributed by atoms with Gasteiger partial charge < -0.3 is 0 Å². The van der Waals surface area contributed by atoms with Crippen LogP contribution in [-0.2, 0) is 0 Å². The second-order valence-electron chi connectivity index (χ2n) is 5.19. The molecule has 0 fully saturated rings. The largest absolute Gasteiger partial charge is 0.289 e. The lowest BCUT2D eigenvalue weighted by Gasteiger charge is -2.08. The monoisotopic (exact) mass is 253 g/mol. The number of rotatable bonds is 3. The Bertz CT molecular complexity index is 597. The quantitative estimate of drug-likeness (QED) is 0.772. The lowest BCUT2D eigenvalue weighted by molar-refractivity contribution is 0.103. The third-order valence-electron chi connectivity index (χ3n) is 3.31. The van der Waals surface area contributed by atoms with Gasteiger partial charge in [0.15, 0.2) is 5.78 Å². The highest BCUT2D eigenvalue weighted by molar-refractivity contribution is 6.09. The van der Waals surface area contributed by atoms with Gasteiger partial charge in [-0.2, -0.15) is 0 Å². The van der Waals surface area contributed by atoms with E-state index >= 15 is 0 Å². The summed E-state index contributed by atoms with van der Waals surface area (Å²) in [4.78, 5) is 16.8. The van der Waals surface area contributed by atoms with Gasteiger partial charge in [0.1, 0.15) is 0 Å². The third kappa shape index (κ3) is 2.90. The highest BCUT2D eigenvalue weighted by atomic mass is 16.1. The summed E-state index contributed by atoms with van der Waals surface area (Å²) in [5.74, 6) is 0.521. The molecule has 0 saturated heterocycles. The molecular weight excluding hydrogens is 234 g/mol. The second kappa shape index (κ2) is 5.35. The van der Waals surface area contributed by atoms with Gasteiger partial charge in [-0.3, -0.25) is 9.78 Å². The first-order valence-corrected chi connectivity index (χ1v) is 6.58. The molecule has 1 aromatic heterocycles. The maximum Gasteiger partial charge on any atom is 0.194 e. The first-order valence-electron chi connectivity index (χ1n) is 6.58. The predicted octanol–water partition coefficient (Wildman–Crippen LogP) is 4.05. The maximum absolute atomic E-state index is 12.4. The Morgan fingerprint density at radius 2 is 1.63 bits per heavy atom. The first kappa shape index (κ1) is 13.5. The molecule has 19 heavy (non-hydrogen) atoms. The van der Waals surface area contributed by atoms with Gasteiger partial charge in [0, 0.05) is 22.5 Å². The molecule has 1 aromatic carbocycles. The van der Waals surface area contributed by atoms with Crippen molar-refractivity contribution in [2.24, 2.45) is 0 Å². The van der Waals surface area contributed by atoms with Gasteiger partial charge in [-0.05, 0) is 37.5 Å². The fourth-order valence-electron chi connectivity index (χ4n) is 2.10. The molecule has 98 valence electrons. The molecule has 2 aromatic rings. The molecule has 2 nitrogen and oxygen atoms in total. The van der Waals surface area contributed by atoms with Crippen molar-refractivity contribution in [3.05, 3.63) is 64.5 Å². The molecule has 0 N–H and O–H groups in total. The fraction of sp³-hybridized carbons (Fsp3) is 0.294. The Morgan fingerprint density at radius 1 is 1.00 bits per heavy atom.